The molecule has 4 heteroatoms. The quantitative estimate of drug-likeness (QED) is 0.869. The summed E-state index contributed by atoms with van der Waals surface area (Å²) in [6, 6.07) is 0.566. The molecule has 0 saturated heterocycles. The van der Waals surface area contributed by atoms with E-state index in [1.54, 1.807) is 0 Å². The number of hydrogen-bond donors (Lipinski definition) is 1. The van der Waals surface area contributed by atoms with Gasteiger partial charge in [-0.15, -0.1) is 0 Å². The van der Waals surface area contributed by atoms with Gasteiger partial charge in [0.1, 0.15) is 0 Å². The molecule has 0 bridgehead atoms. The van der Waals surface area contributed by atoms with Gasteiger partial charge in [0.2, 0.25) is 0 Å². The molecule has 1 N–H and O–H groups in total. The van der Waals surface area contributed by atoms with Gasteiger partial charge >= 0.3 is 0 Å². The fraction of sp³-hybridized carbons (Fsp3) is 0.812. The maximum Gasteiger partial charge on any atom is 0.0655 e. The van der Waals surface area contributed by atoms with Crippen molar-refractivity contribution in [2.24, 2.45) is 12.5 Å². The van der Waals surface area contributed by atoms with Gasteiger partial charge < -0.3 is 10.1 Å². The summed E-state index contributed by atoms with van der Waals surface area (Å²) >= 11 is 0. The standard InChI is InChI=1S/C16H29N3O/c1-7-20-15-10-14(16(15,4)5)17-9-8-13-11(2)18-19(6)12(13)3/h14-15,17H,7-10H2,1-6H3/t14-,15-/m0/s1. The van der Waals surface area contributed by atoms with E-state index >= 15 is 0 Å². The Kier molecular flexibility index (Phi) is 4.55. The molecule has 20 heavy (non-hydrogen) atoms. The topological polar surface area (TPSA) is 39.1 Å². The van der Waals surface area contributed by atoms with E-state index in [1.807, 2.05) is 11.7 Å². The Hall–Kier alpha value is -0.870. The van der Waals surface area contributed by atoms with Gasteiger partial charge in [0.25, 0.3) is 0 Å². The van der Waals surface area contributed by atoms with E-state index in [1.165, 1.54) is 11.3 Å². The van der Waals surface area contributed by atoms with Crippen LogP contribution >= 0.6 is 0 Å². The Bertz CT molecular complexity index is 465. The fourth-order valence-electron chi connectivity index (χ4n) is 3.27. The van der Waals surface area contributed by atoms with Crippen LogP contribution in [-0.2, 0) is 18.2 Å². The van der Waals surface area contributed by atoms with Gasteiger partial charge in [-0.2, -0.15) is 5.10 Å². The summed E-state index contributed by atoms with van der Waals surface area (Å²) in [5.41, 5.74) is 4.07. The van der Waals surface area contributed by atoms with Crippen molar-refractivity contribution in [1.82, 2.24) is 15.1 Å². The van der Waals surface area contributed by atoms with Gasteiger partial charge in [0.15, 0.2) is 0 Å². The van der Waals surface area contributed by atoms with Crippen LogP contribution in [-0.4, -0.2) is 35.1 Å². The van der Waals surface area contributed by atoms with Crippen molar-refractivity contribution in [3.8, 4) is 0 Å². The summed E-state index contributed by atoms with van der Waals surface area (Å²) in [4.78, 5) is 0. The van der Waals surface area contributed by atoms with E-state index in [9.17, 15) is 0 Å². The lowest BCUT2D eigenvalue weighted by atomic mass is 9.64. The molecular formula is C16H29N3O. The lowest BCUT2D eigenvalue weighted by Crippen LogP contribution is -2.61. The summed E-state index contributed by atoms with van der Waals surface area (Å²) in [5, 5.41) is 8.17. The van der Waals surface area contributed by atoms with Crippen LogP contribution in [0.2, 0.25) is 0 Å². The molecule has 0 unspecified atom stereocenters. The average molecular weight is 279 g/mol. The molecule has 1 aromatic heterocycles. The largest absolute Gasteiger partial charge is 0.378 e. The fourth-order valence-corrected chi connectivity index (χ4v) is 3.27. The summed E-state index contributed by atoms with van der Waals surface area (Å²) in [7, 11) is 2.01. The highest BCUT2D eigenvalue weighted by Gasteiger charge is 2.48. The second kappa shape index (κ2) is 5.86. The van der Waals surface area contributed by atoms with Gasteiger partial charge in [0, 0.05) is 30.8 Å². The monoisotopic (exact) mass is 279 g/mol. The van der Waals surface area contributed by atoms with Crippen LogP contribution in [0, 0.1) is 19.3 Å². The number of aryl methyl sites for hydroxylation is 2. The third-order valence-electron chi connectivity index (χ3n) is 4.97. The van der Waals surface area contributed by atoms with Crippen LogP contribution in [0.25, 0.3) is 0 Å². The summed E-state index contributed by atoms with van der Waals surface area (Å²) in [6.07, 6.45) is 2.59. The summed E-state index contributed by atoms with van der Waals surface area (Å²) < 4.78 is 7.75. The second-order valence-electron chi connectivity index (χ2n) is 6.53. The Morgan fingerprint density at radius 3 is 2.60 bits per heavy atom. The van der Waals surface area contributed by atoms with E-state index in [-0.39, 0.29) is 5.41 Å². The predicted molar refractivity (Wildman–Crippen MR) is 82.0 cm³/mol. The highest BCUT2D eigenvalue weighted by atomic mass is 16.5. The van der Waals surface area contributed by atoms with Crippen LogP contribution in [0.5, 0.6) is 0 Å². The van der Waals surface area contributed by atoms with E-state index in [0.717, 1.165) is 31.7 Å². The first-order valence-electron chi connectivity index (χ1n) is 7.72. The molecule has 1 aliphatic rings. The van der Waals surface area contributed by atoms with Gasteiger partial charge in [-0.3, -0.25) is 4.68 Å². The van der Waals surface area contributed by atoms with Crippen molar-refractivity contribution in [3.05, 3.63) is 17.0 Å². The van der Waals surface area contributed by atoms with E-state index in [2.05, 4.69) is 45.0 Å². The predicted octanol–water partition coefficient (Wildman–Crippen LogP) is 2.37. The smallest absolute Gasteiger partial charge is 0.0655 e. The molecule has 0 aliphatic heterocycles. The maximum absolute atomic E-state index is 5.78. The Balaban J connectivity index is 1.83. The molecule has 0 radical (unpaired) electrons. The zero-order chi connectivity index (χ0) is 14.9. The lowest BCUT2D eigenvalue weighted by Gasteiger charge is -2.52. The SMILES string of the molecule is CCO[C@H]1C[C@H](NCCc2c(C)nn(C)c2C)C1(C)C. The van der Waals surface area contributed by atoms with Crippen LogP contribution in [0.1, 0.15) is 44.1 Å². The second-order valence-corrected chi connectivity index (χ2v) is 6.53. The van der Waals surface area contributed by atoms with Crippen molar-refractivity contribution in [3.63, 3.8) is 0 Å². The molecule has 0 amide bonds. The van der Waals surface area contributed by atoms with Crippen LogP contribution in [0.3, 0.4) is 0 Å². The van der Waals surface area contributed by atoms with Crippen molar-refractivity contribution < 1.29 is 4.74 Å². The van der Waals surface area contributed by atoms with Crippen LogP contribution < -0.4 is 5.32 Å². The molecule has 0 aromatic carbocycles. The minimum atomic E-state index is 0.245. The van der Waals surface area contributed by atoms with Gasteiger partial charge in [-0.1, -0.05) is 13.8 Å². The van der Waals surface area contributed by atoms with Gasteiger partial charge in [-0.25, -0.2) is 0 Å². The molecule has 114 valence electrons. The zero-order valence-corrected chi connectivity index (χ0v) is 13.8. The van der Waals surface area contributed by atoms with Crippen LogP contribution in [0.15, 0.2) is 0 Å². The molecule has 2 atom stereocenters. The third kappa shape index (κ3) is 2.77. The van der Waals surface area contributed by atoms with Gasteiger partial charge in [0.05, 0.1) is 11.8 Å². The van der Waals surface area contributed by atoms with Crippen LogP contribution in [0.4, 0.5) is 0 Å². The number of ether oxygens (including phenoxy) is 1. The number of aromatic nitrogens is 2. The lowest BCUT2D eigenvalue weighted by molar-refractivity contribution is -0.113. The average Bonchev–Trinajstić information content (AvgIpc) is 2.62. The van der Waals surface area contributed by atoms with Gasteiger partial charge in [-0.05, 0) is 45.7 Å². The molecule has 1 fully saturated rings. The highest BCUT2D eigenvalue weighted by Crippen LogP contribution is 2.42. The maximum atomic E-state index is 5.78. The normalized spacial score (nSPS) is 24.7. The zero-order valence-electron chi connectivity index (χ0n) is 13.8. The first-order valence-corrected chi connectivity index (χ1v) is 7.72. The van der Waals surface area contributed by atoms with Crippen molar-refractivity contribution in [2.75, 3.05) is 13.2 Å². The Morgan fingerprint density at radius 1 is 1.40 bits per heavy atom. The minimum absolute atomic E-state index is 0.245. The van der Waals surface area contributed by atoms with Crippen molar-refractivity contribution >= 4 is 0 Å². The summed E-state index contributed by atoms with van der Waals surface area (Å²) in [5.74, 6) is 0. The molecule has 2 rings (SSSR count). The van der Waals surface area contributed by atoms with E-state index in [4.69, 9.17) is 4.74 Å². The first kappa shape index (κ1) is 15.5. The number of nitrogens with one attached hydrogen (secondary N) is 1. The molecular weight excluding hydrogens is 250 g/mol. The first-order chi connectivity index (χ1) is 9.37. The molecule has 1 aromatic rings. The van der Waals surface area contributed by atoms with E-state index in [0.29, 0.717) is 12.1 Å². The third-order valence-corrected chi connectivity index (χ3v) is 4.97. The number of hydrogen-bond acceptors (Lipinski definition) is 3. The summed E-state index contributed by atoms with van der Waals surface area (Å²) in [6.45, 7) is 12.7. The molecule has 1 aliphatic carbocycles. The van der Waals surface area contributed by atoms with Crippen molar-refractivity contribution in [1.29, 1.82) is 0 Å². The molecule has 0 spiro atoms. The van der Waals surface area contributed by atoms with Crippen molar-refractivity contribution in [2.45, 2.75) is 59.6 Å². The van der Waals surface area contributed by atoms with E-state index < -0.39 is 0 Å². The minimum Gasteiger partial charge on any atom is -0.378 e. The Labute approximate surface area is 122 Å². The Morgan fingerprint density at radius 2 is 2.10 bits per heavy atom. The number of rotatable bonds is 6. The number of nitrogens with zero attached hydrogens (tertiary/aromatic N) is 2. The molecule has 1 saturated carbocycles. The highest BCUT2D eigenvalue weighted by molar-refractivity contribution is 5.24. The molecule has 1 heterocycles. The molecule has 4 nitrogen and oxygen atoms in total.